The maximum absolute atomic E-state index is 13.3. The van der Waals surface area contributed by atoms with Crippen LogP contribution in [0.4, 0.5) is 0 Å². The van der Waals surface area contributed by atoms with Crippen molar-refractivity contribution in [2.45, 2.75) is 50.6 Å². The Hall–Kier alpha value is -2.21. The van der Waals surface area contributed by atoms with Gasteiger partial charge in [0.25, 0.3) is 0 Å². The zero-order chi connectivity index (χ0) is 18.2. The number of amides is 1. The van der Waals surface area contributed by atoms with Gasteiger partial charge >= 0.3 is 0 Å². The number of likely N-dealkylation sites (tertiary alicyclic amines) is 1. The zero-order valence-corrected chi connectivity index (χ0v) is 15.7. The number of piperidine rings is 1. The van der Waals surface area contributed by atoms with Gasteiger partial charge in [-0.15, -0.1) is 10.2 Å². The quantitative estimate of drug-likeness (QED) is 0.903. The molecule has 1 N–H and O–H groups in total. The summed E-state index contributed by atoms with van der Waals surface area (Å²) in [6.07, 6.45) is 4.34. The lowest BCUT2D eigenvalue weighted by Crippen LogP contribution is -2.41. The molecule has 1 saturated heterocycles. The average molecular weight is 365 g/mol. The monoisotopic (exact) mass is 365 g/mol. The third-order valence-electron chi connectivity index (χ3n) is 6.34. The van der Waals surface area contributed by atoms with Crippen LogP contribution in [-0.4, -0.2) is 45.2 Å². The highest BCUT2D eigenvalue weighted by atomic mass is 16.2. The van der Waals surface area contributed by atoms with E-state index in [0.29, 0.717) is 17.7 Å². The Morgan fingerprint density at radius 1 is 1.04 bits per heavy atom. The summed E-state index contributed by atoms with van der Waals surface area (Å²) < 4.78 is 2.29. The predicted molar refractivity (Wildman–Crippen MR) is 102 cm³/mol. The lowest BCUT2D eigenvalue weighted by atomic mass is 9.90. The van der Waals surface area contributed by atoms with Crippen LogP contribution < -0.4 is 5.32 Å². The van der Waals surface area contributed by atoms with Crippen molar-refractivity contribution in [2.75, 3.05) is 19.6 Å². The molecule has 2 fully saturated rings. The van der Waals surface area contributed by atoms with E-state index in [1.54, 1.807) is 0 Å². The Balaban J connectivity index is 1.27. The van der Waals surface area contributed by atoms with E-state index in [-0.39, 0.29) is 5.92 Å². The van der Waals surface area contributed by atoms with Gasteiger partial charge in [-0.2, -0.15) is 0 Å². The minimum absolute atomic E-state index is 0.0506. The third-order valence-corrected chi connectivity index (χ3v) is 6.34. The fourth-order valence-electron chi connectivity index (χ4n) is 4.68. The van der Waals surface area contributed by atoms with Gasteiger partial charge in [-0.05, 0) is 37.2 Å². The molecule has 142 valence electrons. The molecule has 2 aliphatic heterocycles. The Bertz CT molecular complexity index is 805. The number of fused-ring (bicyclic) bond motifs is 1. The zero-order valence-electron chi connectivity index (χ0n) is 15.7. The lowest BCUT2D eigenvalue weighted by molar-refractivity contribution is -0.134. The van der Waals surface area contributed by atoms with Crippen LogP contribution in [0.3, 0.4) is 0 Å². The van der Waals surface area contributed by atoms with Crippen LogP contribution in [0.1, 0.15) is 54.7 Å². The molecule has 0 spiro atoms. The number of carbonyl (C=O) groups is 1. The van der Waals surface area contributed by atoms with Crippen molar-refractivity contribution < 1.29 is 4.79 Å². The Labute approximate surface area is 160 Å². The molecule has 3 aliphatic rings. The summed E-state index contributed by atoms with van der Waals surface area (Å²) in [5.74, 6) is 3.51. The molecule has 5 rings (SSSR count). The van der Waals surface area contributed by atoms with E-state index in [0.717, 1.165) is 57.2 Å². The van der Waals surface area contributed by atoms with Crippen LogP contribution in [0.25, 0.3) is 0 Å². The summed E-state index contributed by atoms with van der Waals surface area (Å²) in [4.78, 5) is 15.4. The normalized spacial score (nSPS) is 21.7. The first-order chi connectivity index (χ1) is 13.3. The molecule has 0 radical (unpaired) electrons. The van der Waals surface area contributed by atoms with Gasteiger partial charge in [0.1, 0.15) is 11.6 Å². The largest absolute Gasteiger partial charge is 0.342 e. The number of hydrogen-bond acceptors (Lipinski definition) is 4. The van der Waals surface area contributed by atoms with Gasteiger partial charge < -0.3 is 14.8 Å². The molecule has 1 atom stereocenters. The number of hydrogen-bond donors (Lipinski definition) is 1. The van der Waals surface area contributed by atoms with Crippen LogP contribution in [0.2, 0.25) is 0 Å². The fraction of sp³-hybridized carbons (Fsp3) is 0.571. The third kappa shape index (κ3) is 3.27. The first-order valence-corrected chi connectivity index (χ1v) is 10.3. The molecular formula is C21H27N5O. The van der Waals surface area contributed by atoms with E-state index in [2.05, 4.69) is 37.1 Å². The van der Waals surface area contributed by atoms with Gasteiger partial charge in [0.05, 0.1) is 12.5 Å². The topological polar surface area (TPSA) is 63.1 Å². The molecule has 1 amide bonds. The van der Waals surface area contributed by atoms with Crippen molar-refractivity contribution in [1.29, 1.82) is 0 Å². The first kappa shape index (κ1) is 16.9. The van der Waals surface area contributed by atoms with Gasteiger partial charge in [0.2, 0.25) is 5.91 Å². The number of benzene rings is 1. The molecule has 1 aromatic carbocycles. The van der Waals surface area contributed by atoms with Crippen LogP contribution in [-0.2, 0) is 17.9 Å². The minimum atomic E-state index is 0.0506. The number of aromatic nitrogens is 3. The summed E-state index contributed by atoms with van der Waals surface area (Å²) in [5, 5.41) is 12.2. The van der Waals surface area contributed by atoms with E-state index in [1.165, 1.54) is 18.4 Å². The Morgan fingerprint density at radius 2 is 1.81 bits per heavy atom. The molecule has 1 aromatic heterocycles. The van der Waals surface area contributed by atoms with E-state index in [4.69, 9.17) is 0 Å². The predicted octanol–water partition coefficient (Wildman–Crippen LogP) is 2.28. The summed E-state index contributed by atoms with van der Waals surface area (Å²) in [7, 11) is 0. The lowest BCUT2D eigenvalue weighted by Gasteiger charge is -2.34. The summed E-state index contributed by atoms with van der Waals surface area (Å²) in [6, 6.07) is 10.4. The number of nitrogens with one attached hydrogen (secondary N) is 1. The van der Waals surface area contributed by atoms with E-state index < -0.39 is 0 Å². The second-order valence-corrected chi connectivity index (χ2v) is 8.13. The second-order valence-electron chi connectivity index (χ2n) is 8.13. The maximum atomic E-state index is 13.3. The first-order valence-electron chi connectivity index (χ1n) is 10.3. The highest BCUT2D eigenvalue weighted by molar-refractivity contribution is 5.84. The maximum Gasteiger partial charge on any atom is 0.230 e. The van der Waals surface area contributed by atoms with E-state index in [1.807, 2.05) is 18.2 Å². The molecule has 6 heteroatoms. The average Bonchev–Trinajstić information content (AvgIpc) is 3.46. The molecule has 1 saturated carbocycles. The van der Waals surface area contributed by atoms with Gasteiger partial charge in [0, 0.05) is 32.1 Å². The van der Waals surface area contributed by atoms with E-state index in [9.17, 15) is 4.79 Å². The minimum Gasteiger partial charge on any atom is -0.342 e. The van der Waals surface area contributed by atoms with Crippen molar-refractivity contribution in [1.82, 2.24) is 25.0 Å². The van der Waals surface area contributed by atoms with Crippen molar-refractivity contribution in [3.05, 3.63) is 47.5 Å². The van der Waals surface area contributed by atoms with E-state index >= 15 is 0 Å². The number of rotatable bonds is 4. The standard InChI is InChI=1S/C21H27N5O/c27-21(19(16-6-7-16)15-4-2-1-3-5-15)25-11-8-17(9-12-25)20-24-23-18-14-22-10-13-26(18)20/h1-5,16-17,19,22H,6-14H2. The number of carbonyl (C=O) groups excluding carboxylic acids is 1. The molecule has 1 unspecified atom stereocenters. The van der Waals surface area contributed by atoms with Crippen molar-refractivity contribution in [3.8, 4) is 0 Å². The summed E-state index contributed by atoms with van der Waals surface area (Å²) >= 11 is 0. The number of nitrogens with zero attached hydrogens (tertiary/aromatic N) is 4. The molecule has 3 heterocycles. The van der Waals surface area contributed by atoms with Crippen molar-refractivity contribution in [2.24, 2.45) is 5.92 Å². The summed E-state index contributed by atoms with van der Waals surface area (Å²) in [6.45, 7) is 4.41. The SMILES string of the molecule is O=C(C(c1ccccc1)C1CC1)N1CCC(c2nnc3n2CCNC3)CC1. The Morgan fingerprint density at radius 3 is 2.56 bits per heavy atom. The van der Waals surface area contributed by atoms with Gasteiger partial charge in [-0.1, -0.05) is 30.3 Å². The second kappa shape index (κ2) is 7.08. The van der Waals surface area contributed by atoms with Crippen molar-refractivity contribution in [3.63, 3.8) is 0 Å². The fourth-order valence-corrected chi connectivity index (χ4v) is 4.68. The molecular weight excluding hydrogens is 338 g/mol. The molecule has 27 heavy (non-hydrogen) atoms. The highest BCUT2D eigenvalue weighted by Crippen LogP contribution is 2.44. The van der Waals surface area contributed by atoms with Gasteiger partial charge in [0.15, 0.2) is 0 Å². The van der Waals surface area contributed by atoms with Crippen LogP contribution in [0.15, 0.2) is 30.3 Å². The van der Waals surface area contributed by atoms with Crippen LogP contribution in [0.5, 0.6) is 0 Å². The Kier molecular flexibility index (Phi) is 4.44. The van der Waals surface area contributed by atoms with Crippen LogP contribution in [0, 0.1) is 5.92 Å². The van der Waals surface area contributed by atoms with Crippen LogP contribution >= 0.6 is 0 Å². The highest BCUT2D eigenvalue weighted by Gasteiger charge is 2.40. The summed E-state index contributed by atoms with van der Waals surface area (Å²) in [5.41, 5.74) is 1.19. The van der Waals surface area contributed by atoms with Crippen molar-refractivity contribution >= 4 is 5.91 Å². The molecule has 1 aliphatic carbocycles. The molecule has 2 aromatic rings. The molecule has 6 nitrogen and oxygen atoms in total. The molecule has 0 bridgehead atoms. The van der Waals surface area contributed by atoms with Gasteiger partial charge in [-0.3, -0.25) is 4.79 Å². The van der Waals surface area contributed by atoms with Gasteiger partial charge in [-0.25, -0.2) is 0 Å². The smallest absolute Gasteiger partial charge is 0.230 e.